The van der Waals surface area contributed by atoms with Crippen LogP contribution in [0.2, 0.25) is 5.28 Å². The predicted molar refractivity (Wildman–Crippen MR) is 127 cm³/mol. The lowest BCUT2D eigenvalue weighted by atomic mass is 10.4. The summed E-state index contributed by atoms with van der Waals surface area (Å²) in [6, 6.07) is 0.885. The molecule has 0 atom stereocenters. The summed E-state index contributed by atoms with van der Waals surface area (Å²) in [6.07, 6.45) is 1.95. The maximum Gasteiger partial charge on any atom is 0.228 e. The highest BCUT2D eigenvalue weighted by molar-refractivity contribution is 7.98. The van der Waals surface area contributed by atoms with E-state index in [1.165, 1.54) is 11.8 Å². The Morgan fingerprint density at radius 3 is 1.50 bits per heavy atom. The molecule has 12 heteroatoms. The average Bonchev–Trinajstić information content (AvgIpc) is 2.60. The van der Waals surface area contributed by atoms with Crippen LogP contribution in [0.25, 0.3) is 0 Å². The SMILES string of the molecule is CCNc1nc(Cl)nc(NC(C)C)n1.CSc1nc(NC(C)C)nc(NC(C)C)n1. The van der Waals surface area contributed by atoms with E-state index in [2.05, 4.69) is 78.9 Å². The van der Waals surface area contributed by atoms with Crippen molar-refractivity contribution in [3.63, 3.8) is 0 Å². The molecule has 2 rings (SSSR count). The van der Waals surface area contributed by atoms with Gasteiger partial charge in [-0.1, -0.05) is 11.8 Å². The number of halogens is 1. The molecule has 0 amide bonds. The van der Waals surface area contributed by atoms with Crippen molar-refractivity contribution in [1.82, 2.24) is 29.9 Å². The first-order valence-corrected chi connectivity index (χ1v) is 11.5. The Bertz CT molecular complexity index is 744. The highest BCUT2D eigenvalue weighted by Gasteiger charge is 2.07. The molecule has 0 unspecified atom stereocenters. The Labute approximate surface area is 188 Å². The van der Waals surface area contributed by atoms with Gasteiger partial charge in [-0.3, -0.25) is 0 Å². The van der Waals surface area contributed by atoms with Gasteiger partial charge < -0.3 is 21.3 Å². The molecule has 0 spiro atoms. The van der Waals surface area contributed by atoms with E-state index >= 15 is 0 Å². The molecule has 0 aliphatic carbocycles. The molecule has 2 aromatic rings. The smallest absolute Gasteiger partial charge is 0.228 e. The zero-order valence-electron chi connectivity index (χ0n) is 18.9. The lowest BCUT2D eigenvalue weighted by Crippen LogP contribution is -2.17. The molecular formula is C18H33ClN10S. The van der Waals surface area contributed by atoms with Crippen LogP contribution in [-0.2, 0) is 0 Å². The number of nitrogens with zero attached hydrogens (tertiary/aromatic N) is 6. The highest BCUT2D eigenvalue weighted by atomic mass is 35.5. The first kappa shape index (κ1) is 25.9. The summed E-state index contributed by atoms with van der Waals surface area (Å²) in [5.74, 6) is 2.24. The number of anilines is 4. The standard InChI is InChI=1S/C10H19N5S.C8H14ClN5/c1-6(2)11-8-13-9(12-7(3)4)15-10(14-8)16-5;1-4-10-7-12-6(9)13-8(14-7)11-5(2)3/h6-7H,1-5H3,(H2,11,12,13,14,15);5H,4H2,1-3H3,(H2,10,11,12,13,14). The van der Waals surface area contributed by atoms with Gasteiger partial charge in [-0.25, -0.2) is 0 Å². The van der Waals surface area contributed by atoms with Crippen LogP contribution >= 0.6 is 23.4 Å². The van der Waals surface area contributed by atoms with Crippen molar-refractivity contribution < 1.29 is 0 Å². The van der Waals surface area contributed by atoms with Gasteiger partial charge in [-0.2, -0.15) is 29.9 Å². The fraction of sp³-hybridized carbons (Fsp3) is 0.667. The van der Waals surface area contributed by atoms with Crippen LogP contribution in [0, 0.1) is 0 Å². The molecule has 0 saturated heterocycles. The Balaban J connectivity index is 0.000000303. The minimum atomic E-state index is 0.194. The summed E-state index contributed by atoms with van der Waals surface area (Å²) >= 11 is 7.24. The van der Waals surface area contributed by atoms with Crippen LogP contribution in [0.15, 0.2) is 5.16 Å². The summed E-state index contributed by atoms with van der Waals surface area (Å²) in [7, 11) is 0. The van der Waals surface area contributed by atoms with E-state index in [1.807, 2.05) is 27.0 Å². The van der Waals surface area contributed by atoms with Gasteiger partial charge in [0.15, 0.2) is 5.16 Å². The van der Waals surface area contributed by atoms with E-state index in [1.54, 1.807) is 0 Å². The van der Waals surface area contributed by atoms with E-state index in [0.717, 1.165) is 11.7 Å². The van der Waals surface area contributed by atoms with Gasteiger partial charge in [0, 0.05) is 24.7 Å². The second kappa shape index (κ2) is 13.2. The summed E-state index contributed by atoms with van der Waals surface area (Å²) in [5.41, 5.74) is 0. The fourth-order valence-corrected chi connectivity index (χ4v) is 2.52. The molecule has 2 heterocycles. The van der Waals surface area contributed by atoms with Crippen molar-refractivity contribution in [2.75, 3.05) is 34.1 Å². The van der Waals surface area contributed by atoms with Crippen molar-refractivity contribution in [3.05, 3.63) is 5.28 Å². The van der Waals surface area contributed by atoms with Crippen molar-refractivity contribution >= 4 is 47.2 Å². The third-order valence-corrected chi connectivity index (χ3v) is 3.71. The molecule has 10 nitrogen and oxygen atoms in total. The molecule has 0 aromatic carbocycles. The Morgan fingerprint density at radius 1 is 0.700 bits per heavy atom. The first-order valence-electron chi connectivity index (χ1n) is 9.88. The Hall–Kier alpha value is -2.14. The van der Waals surface area contributed by atoms with E-state index in [-0.39, 0.29) is 11.3 Å². The molecule has 0 aliphatic rings. The largest absolute Gasteiger partial charge is 0.354 e. The van der Waals surface area contributed by atoms with Gasteiger partial charge in [0.1, 0.15) is 0 Å². The number of hydrogen-bond donors (Lipinski definition) is 4. The maximum atomic E-state index is 5.73. The lowest BCUT2D eigenvalue weighted by molar-refractivity contribution is 0.813. The molecule has 168 valence electrons. The van der Waals surface area contributed by atoms with Crippen LogP contribution in [0.4, 0.5) is 23.8 Å². The molecule has 0 aliphatic heterocycles. The van der Waals surface area contributed by atoms with Crippen LogP contribution in [0.1, 0.15) is 48.5 Å². The monoisotopic (exact) mass is 456 g/mol. The quantitative estimate of drug-likeness (QED) is 0.408. The van der Waals surface area contributed by atoms with E-state index in [0.29, 0.717) is 35.9 Å². The average molecular weight is 457 g/mol. The third kappa shape index (κ3) is 10.6. The highest BCUT2D eigenvalue weighted by Crippen LogP contribution is 2.14. The molecule has 2 aromatic heterocycles. The van der Waals surface area contributed by atoms with Crippen molar-refractivity contribution in [2.45, 2.75) is 71.7 Å². The zero-order valence-corrected chi connectivity index (χ0v) is 20.5. The van der Waals surface area contributed by atoms with Gasteiger partial charge in [0.25, 0.3) is 0 Å². The number of thioether (sulfide) groups is 1. The molecule has 0 saturated carbocycles. The number of nitrogens with one attached hydrogen (secondary N) is 4. The topological polar surface area (TPSA) is 125 Å². The number of hydrogen-bond acceptors (Lipinski definition) is 11. The Kier molecular flexibility index (Phi) is 11.4. The lowest BCUT2D eigenvalue weighted by Gasteiger charge is -2.12. The van der Waals surface area contributed by atoms with Crippen LogP contribution in [-0.4, -0.2) is 60.8 Å². The summed E-state index contributed by atoms with van der Waals surface area (Å²) in [5, 5.41) is 13.3. The Morgan fingerprint density at radius 2 is 1.10 bits per heavy atom. The van der Waals surface area contributed by atoms with Crippen LogP contribution in [0.3, 0.4) is 0 Å². The van der Waals surface area contributed by atoms with Gasteiger partial charge in [-0.15, -0.1) is 0 Å². The normalized spacial score (nSPS) is 10.7. The zero-order chi connectivity index (χ0) is 22.7. The molecular weight excluding hydrogens is 424 g/mol. The van der Waals surface area contributed by atoms with Crippen molar-refractivity contribution in [1.29, 1.82) is 0 Å². The van der Waals surface area contributed by atoms with Gasteiger partial charge in [0.05, 0.1) is 0 Å². The second-order valence-electron chi connectivity index (χ2n) is 7.15. The molecule has 4 N–H and O–H groups in total. The first-order chi connectivity index (χ1) is 14.1. The minimum Gasteiger partial charge on any atom is -0.354 e. The van der Waals surface area contributed by atoms with Gasteiger partial charge in [-0.05, 0) is 66.3 Å². The second-order valence-corrected chi connectivity index (χ2v) is 8.26. The summed E-state index contributed by atoms with van der Waals surface area (Å²) < 4.78 is 0. The molecule has 0 bridgehead atoms. The summed E-state index contributed by atoms with van der Waals surface area (Å²) in [4.78, 5) is 24.9. The van der Waals surface area contributed by atoms with Crippen molar-refractivity contribution in [3.8, 4) is 0 Å². The number of rotatable bonds is 9. The van der Waals surface area contributed by atoms with E-state index in [9.17, 15) is 0 Å². The van der Waals surface area contributed by atoms with Gasteiger partial charge >= 0.3 is 0 Å². The molecule has 0 fully saturated rings. The van der Waals surface area contributed by atoms with E-state index in [4.69, 9.17) is 11.6 Å². The van der Waals surface area contributed by atoms with Gasteiger partial charge in [0.2, 0.25) is 29.1 Å². The maximum absolute atomic E-state index is 5.73. The van der Waals surface area contributed by atoms with Crippen LogP contribution < -0.4 is 21.3 Å². The van der Waals surface area contributed by atoms with E-state index < -0.39 is 0 Å². The fourth-order valence-electron chi connectivity index (χ4n) is 2.00. The molecule has 0 radical (unpaired) electrons. The number of aromatic nitrogens is 6. The third-order valence-electron chi connectivity index (χ3n) is 2.99. The minimum absolute atomic E-state index is 0.194. The van der Waals surface area contributed by atoms with Crippen molar-refractivity contribution in [2.24, 2.45) is 0 Å². The predicted octanol–water partition coefficient (Wildman–Crippen LogP) is 4.01. The summed E-state index contributed by atoms with van der Waals surface area (Å²) in [6.45, 7) is 14.9. The molecule has 30 heavy (non-hydrogen) atoms. The van der Waals surface area contributed by atoms with Crippen LogP contribution in [0.5, 0.6) is 0 Å².